The average Bonchev–Trinajstić information content (AvgIpc) is 1.61. The molecule has 0 saturated heterocycles. The zero-order valence-electron chi connectivity index (χ0n) is 6.05. The normalized spacial score (nSPS) is 8.78. The Balaban J connectivity index is 0. The molecule has 0 aromatic carbocycles. The van der Waals surface area contributed by atoms with Crippen LogP contribution in [0.2, 0.25) is 0 Å². The number of ether oxygens (including phenoxy) is 1. The molecular weight excluding hydrogens is 131 g/mol. The summed E-state index contributed by atoms with van der Waals surface area (Å²) in [4.78, 5) is 9.78. The topological polar surface area (TPSA) is 46.5 Å². The zero-order valence-corrected chi connectivity index (χ0v) is 8.05. The fourth-order valence-electron chi connectivity index (χ4n) is 0.238. The van der Waals surface area contributed by atoms with Crippen molar-refractivity contribution < 1.29 is 14.6 Å². The van der Waals surface area contributed by atoms with Gasteiger partial charge in [0.1, 0.15) is 6.61 Å². The third kappa shape index (κ3) is 11.8. The molecule has 0 saturated carbocycles. The van der Waals surface area contributed by atoms with Gasteiger partial charge >= 0.3 is 5.97 Å². The van der Waals surface area contributed by atoms with Crippen LogP contribution in [0, 0.1) is 0 Å². The molecule has 49 valence electrons. The van der Waals surface area contributed by atoms with Gasteiger partial charge in [-0.3, -0.25) is 0 Å². The molecule has 0 amide bonds. The van der Waals surface area contributed by atoms with E-state index in [1.165, 1.54) is 0 Å². The van der Waals surface area contributed by atoms with Crippen molar-refractivity contribution in [2.75, 3.05) is 6.61 Å². The first kappa shape index (κ1) is 12.1. The maximum absolute atomic E-state index is 9.78. The van der Waals surface area contributed by atoms with E-state index in [1.54, 1.807) is 13.8 Å². The molecule has 0 aliphatic carbocycles. The summed E-state index contributed by atoms with van der Waals surface area (Å²) < 4.78 is 4.70. The van der Waals surface area contributed by atoms with Crippen molar-refractivity contribution in [2.24, 2.45) is 0 Å². The molecule has 0 fully saturated rings. The zero-order chi connectivity index (χ0) is 6.57. The first-order valence-electron chi connectivity index (χ1n) is 2.46. The Hall–Kier alpha value is 0.430. The summed E-state index contributed by atoms with van der Waals surface area (Å²) in [5.41, 5.74) is 0. The van der Waals surface area contributed by atoms with Crippen LogP contribution in [0.4, 0.5) is 0 Å². The Kier molecular flexibility index (Phi) is 8.83. The SMILES string of the molecule is CC(C)OCC(=O)O.[Na]. The summed E-state index contributed by atoms with van der Waals surface area (Å²) in [6.07, 6.45) is 0.00565. The van der Waals surface area contributed by atoms with Gasteiger partial charge in [-0.15, -0.1) is 0 Å². The van der Waals surface area contributed by atoms with Gasteiger partial charge in [-0.2, -0.15) is 0 Å². The second-order valence-electron chi connectivity index (χ2n) is 1.75. The molecule has 0 heterocycles. The van der Waals surface area contributed by atoms with E-state index in [0.29, 0.717) is 0 Å². The van der Waals surface area contributed by atoms with Gasteiger partial charge in [0, 0.05) is 29.6 Å². The Morgan fingerprint density at radius 2 is 2.11 bits per heavy atom. The molecule has 1 N–H and O–H groups in total. The quantitative estimate of drug-likeness (QED) is 0.567. The summed E-state index contributed by atoms with van der Waals surface area (Å²) in [5.74, 6) is -0.918. The number of carboxylic acid groups (broad SMARTS) is 1. The van der Waals surface area contributed by atoms with Crippen molar-refractivity contribution in [1.29, 1.82) is 0 Å². The standard InChI is InChI=1S/C5H10O3.Na/c1-4(2)8-3-5(6)7;/h4H,3H2,1-2H3,(H,6,7);. The first-order valence-corrected chi connectivity index (χ1v) is 2.46. The molecule has 0 spiro atoms. The summed E-state index contributed by atoms with van der Waals surface area (Å²) >= 11 is 0. The molecule has 1 radical (unpaired) electrons. The fraction of sp³-hybridized carbons (Fsp3) is 0.800. The van der Waals surface area contributed by atoms with E-state index in [4.69, 9.17) is 9.84 Å². The molecule has 0 rings (SSSR count). The monoisotopic (exact) mass is 141 g/mol. The van der Waals surface area contributed by atoms with Crippen LogP contribution in [0.15, 0.2) is 0 Å². The number of hydrogen-bond donors (Lipinski definition) is 1. The van der Waals surface area contributed by atoms with Crippen LogP contribution in [-0.2, 0) is 9.53 Å². The molecule has 9 heavy (non-hydrogen) atoms. The Bertz CT molecular complexity index is 82.3. The molecule has 0 bridgehead atoms. The van der Waals surface area contributed by atoms with Gasteiger partial charge in [0.2, 0.25) is 0 Å². The molecule has 0 aromatic heterocycles. The minimum Gasteiger partial charge on any atom is -0.480 e. The molecule has 0 unspecified atom stereocenters. The average molecular weight is 141 g/mol. The van der Waals surface area contributed by atoms with Gasteiger partial charge in [-0.05, 0) is 13.8 Å². The third-order valence-corrected chi connectivity index (χ3v) is 0.540. The summed E-state index contributed by atoms with van der Waals surface area (Å²) in [6.45, 7) is 3.39. The van der Waals surface area contributed by atoms with E-state index in [2.05, 4.69) is 0 Å². The van der Waals surface area contributed by atoms with E-state index < -0.39 is 5.97 Å². The molecule has 0 aromatic rings. The van der Waals surface area contributed by atoms with E-state index in [1.807, 2.05) is 0 Å². The van der Waals surface area contributed by atoms with E-state index in [9.17, 15) is 4.79 Å². The van der Waals surface area contributed by atoms with Crippen molar-refractivity contribution in [3.05, 3.63) is 0 Å². The van der Waals surface area contributed by atoms with Gasteiger partial charge in [-0.1, -0.05) is 0 Å². The largest absolute Gasteiger partial charge is 0.480 e. The minimum absolute atomic E-state index is 0. The molecular formula is C5H10NaO3. The van der Waals surface area contributed by atoms with Crippen LogP contribution in [-0.4, -0.2) is 53.3 Å². The Labute approximate surface area is 76.7 Å². The molecule has 4 heteroatoms. The maximum Gasteiger partial charge on any atom is 0.329 e. The van der Waals surface area contributed by atoms with Gasteiger partial charge < -0.3 is 9.84 Å². The number of carboxylic acids is 1. The van der Waals surface area contributed by atoms with Crippen molar-refractivity contribution in [3.8, 4) is 0 Å². The summed E-state index contributed by atoms with van der Waals surface area (Å²) in [5, 5.41) is 8.04. The van der Waals surface area contributed by atoms with E-state index in [-0.39, 0.29) is 42.3 Å². The van der Waals surface area contributed by atoms with Crippen molar-refractivity contribution in [3.63, 3.8) is 0 Å². The molecule has 0 atom stereocenters. The van der Waals surface area contributed by atoms with Crippen LogP contribution in [0.5, 0.6) is 0 Å². The number of aliphatic carboxylic acids is 1. The van der Waals surface area contributed by atoms with Crippen molar-refractivity contribution in [1.82, 2.24) is 0 Å². The van der Waals surface area contributed by atoms with E-state index >= 15 is 0 Å². The number of rotatable bonds is 3. The minimum atomic E-state index is -0.918. The van der Waals surface area contributed by atoms with E-state index in [0.717, 1.165) is 0 Å². The van der Waals surface area contributed by atoms with Gasteiger partial charge in [0.05, 0.1) is 6.10 Å². The maximum atomic E-state index is 9.78. The van der Waals surface area contributed by atoms with Gasteiger partial charge in [-0.25, -0.2) is 4.79 Å². The van der Waals surface area contributed by atoms with Gasteiger partial charge in [0.25, 0.3) is 0 Å². The predicted molar refractivity (Wildman–Crippen MR) is 34.5 cm³/mol. The van der Waals surface area contributed by atoms with Crippen LogP contribution >= 0.6 is 0 Å². The molecule has 0 aliphatic rings. The Morgan fingerprint density at radius 1 is 1.67 bits per heavy atom. The van der Waals surface area contributed by atoms with Crippen LogP contribution in [0.25, 0.3) is 0 Å². The van der Waals surface area contributed by atoms with Crippen molar-refractivity contribution >= 4 is 35.5 Å². The second-order valence-corrected chi connectivity index (χ2v) is 1.75. The summed E-state index contributed by atoms with van der Waals surface area (Å²) in [6, 6.07) is 0. The van der Waals surface area contributed by atoms with Crippen LogP contribution in [0.1, 0.15) is 13.8 Å². The predicted octanol–water partition coefficient (Wildman–Crippen LogP) is 0.115. The number of carbonyl (C=O) groups is 1. The first-order chi connectivity index (χ1) is 3.63. The Morgan fingerprint density at radius 3 is 2.22 bits per heavy atom. The summed E-state index contributed by atoms with van der Waals surface area (Å²) in [7, 11) is 0. The van der Waals surface area contributed by atoms with Gasteiger partial charge in [0.15, 0.2) is 0 Å². The van der Waals surface area contributed by atoms with Crippen LogP contribution in [0.3, 0.4) is 0 Å². The second kappa shape index (κ2) is 6.55. The van der Waals surface area contributed by atoms with Crippen molar-refractivity contribution in [2.45, 2.75) is 20.0 Å². The molecule has 0 aliphatic heterocycles. The molecule has 3 nitrogen and oxygen atoms in total. The smallest absolute Gasteiger partial charge is 0.329 e. The van der Waals surface area contributed by atoms with Crippen LogP contribution < -0.4 is 0 Å². The number of hydrogen-bond acceptors (Lipinski definition) is 2. The third-order valence-electron chi connectivity index (χ3n) is 0.540. The fourth-order valence-corrected chi connectivity index (χ4v) is 0.238.